The van der Waals surface area contributed by atoms with Crippen molar-refractivity contribution in [2.45, 2.75) is 38.1 Å². The maximum Gasteiger partial charge on any atom is 0.0960 e. The van der Waals surface area contributed by atoms with Crippen LogP contribution in [0.5, 0.6) is 0 Å². The molecule has 2 aromatic rings. The van der Waals surface area contributed by atoms with Crippen molar-refractivity contribution in [3.63, 3.8) is 0 Å². The molecule has 1 aliphatic carbocycles. The molecule has 0 atom stereocenters. The highest BCUT2D eigenvalue weighted by molar-refractivity contribution is 5.76. The second-order valence-electron chi connectivity index (χ2n) is 6.10. The van der Waals surface area contributed by atoms with E-state index in [1.165, 1.54) is 61.8 Å². The van der Waals surface area contributed by atoms with E-state index in [1.807, 2.05) is 6.33 Å². The van der Waals surface area contributed by atoms with Gasteiger partial charge >= 0.3 is 0 Å². The second kappa shape index (κ2) is 4.64. The first-order valence-electron chi connectivity index (χ1n) is 7.56. The minimum absolute atomic E-state index is 0.722. The fourth-order valence-corrected chi connectivity index (χ4v) is 3.27. The van der Waals surface area contributed by atoms with Gasteiger partial charge in [0.25, 0.3) is 0 Å². The largest absolute Gasteiger partial charge is 0.327 e. The Bertz CT molecular complexity index is 577. The van der Waals surface area contributed by atoms with E-state index in [0.717, 1.165) is 12.0 Å². The van der Waals surface area contributed by atoms with E-state index >= 15 is 0 Å². The molecule has 1 aliphatic heterocycles. The molecule has 0 spiro atoms. The fraction of sp³-hybridized carbons (Fsp3) is 0.562. The van der Waals surface area contributed by atoms with Crippen LogP contribution in [0.15, 0.2) is 24.5 Å². The van der Waals surface area contributed by atoms with E-state index in [-0.39, 0.29) is 0 Å². The van der Waals surface area contributed by atoms with E-state index in [4.69, 9.17) is 0 Å². The molecule has 2 aliphatic rings. The van der Waals surface area contributed by atoms with Gasteiger partial charge in [-0.3, -0.25) is 0 Å². The number of imidazole rings is 1. The molecular weight excluding hydrogens is 234 g/mol. The third-order valence-electron chi connectivity index (χ3n) is 4.56. The van der Waals surface area contributed by atoms with Crippen molar-refractivity contribution in [2.24, 2.45) is 5.92 Å². The molecule has 1 aromatic heterocycles. The first kappa shape index (κ1) is 11.5. The van der Waals surface area contributed by atoms with E-state index in [2.05, 4.69) is 33.1 Å². The maximum absolute atomic E-state index is 4.58. The lowest BCUT2D eigenvalue weighted by Crippen LogP contribution is -2.28. The van der Waals surface area contributed by atoms with E-state index in [9.17, 15) is 0 Å². The molecular formula is C16H21N3. The molecule has 100 valence electrons. The van der Waals surface area contributed by atoms with Crippen molar-refractivity contribution in [2.75, 3.05) is 13.1 Å². The van der Waals surface area contributed by atoms with Gasteiger partial charge in [-0.1, -0.05) is 6.07 Å². The van der Waals surface area contributed by atoms with Gasteiger partial charge in [0.15, 0.2) is 0 Å². The predicted octanol–water partition coefficient (Wildman–Crippen LogP) is 2.91. The first-order chi connectivity index (χ1) is 9.40. The highest BCUT2D eigenvalue weighted by atomic mass is 15.1. The molecule has 0 radical (unpaired) electrons. The predicted molar refractivity (Wildman–Crippen MR) is 77.3 cm³/mol. The van der Waals surface area contributed by atoms with Crippen LogP contribution in [0, 0.1) is 5.92 Å². The molecule has 1 saturated heterocycles. The molecule has 0 amide bonds. The van der Waals surface area contributed by atoms with Gasteiger partial charge in [0.05, 0.1) is 17.4 Å². The molecule has 3 nitrogen and oxygen atoms in total. The third-order valence-corrected chi connectivity index (χ3v) is 4.56. The summed E-state index contributed by atoms with van der Waals surface area (Å²) in [6.45, 7) is 2.37. The lowest BCUT2D eigenvalue weighted by atomic mass is 9.91. The Kier molecular flexibility index (Phi) is 2.80. The highest BCUT2D eigenvalue weighted by Crippen LogP contribution is 2.37. The Balaban J connectivity index is 1.57. The Morgan fingerprint density at radius 2 is 2.00 bits per heavy atom. The van der Waals surface area contributed by atoms with Gasteiger partial charge in [-0.15, -0.1) is 0 Å². The number of nitrogens with zero attached hydrogens (tertiary/aromatic N) is 2. The quantitative estimate of drug-likeness (QED) is 0.914. The summed E-state index contributed by atoms with van der Waals surface area (Å²) < 4.78 is 2.35. The minimum atomic E-state index is 0.722. The second-order valence-corrected chi connectivity index (χ2v) is 6.10. The van der Waals surface area contributed by atoms with Crippen molar-refractivity contribution in [1.82, 2.24) is 14.9 Å². The number of hydrogen-bond acceptors (Lipinski definition) is 2. The van der Waals surface area contributed by atoms with Gasteiger partial charge in [0, 0.05) is 6.04 Å². The molecule has 3 heteroatoms. The van der Waals surface area contributed by atoms with Crippen LogP contribution in [0.4, 0.5) is 0 Å². The highest BCUT2D eigenvalue weighted by Gasteiger charge is 2.24. The van der Waals surface area contributed by atoms with Crippen LogP contribution < -0.4 is 5.32 Å². The Labute approximate surface area is 114 Å². The zero-order valence-corrected chi connectivity index (χ0v) is 11.3. The molecule has 2 fully saturated rings. The molecule has 4 rings (SSSR count). The minimum Gasteiger partial charge on any atom is -0.327 e. The Hall–Kier alpha value is -1.35. The number of benzene rings is 1. The first-order valence-corrected chi connectivity index (χ1v) is 7.56. The topological polar surface area (TPSA) is 29.9 Å². The summed E-state index contributed by atoms with van der Waals surface area (Å²) in [7, 11) is 0. The van der Waals surface area contributed by atoms with Crippen LogP contribution in [0.25, 0.3) is 11.0 Å². The van der Waals surface area contributed by atoms with Crippen molar-refractivity contribution >= 4 is 11.0 Å². The molecule has 0 unspecified atom stereocenters. The van der Waals surface area contributed by atoms with Gasteiger partial charge in [0.1, 0.15) is 0 Å². The van der Waals surface area contributed by atoms with Gasteiger partial charge in [-0.05, 0) is 68.8 Å². The van der Waals surface area contributed by atoms with Gasteiger partial charge < -0.3 is 9.88 Å². The summed E-state index contributed by atoms with van der Waals surface area (Å²) in [6, 6.07) is 7.61. The van der Waals surface area contributed by atoms with Crippen LogP contribution in [0.2, 0.25) is 0 Å². The van der Waals surface area contributed by atoms with Gasteiger partial charge in [0.2, 0.25) is 0 Å². The normalized spacial score (nSPS) is 21.1. The number of piperidine rings is 1. The summed E-state index contributed by atoms with van der Waals surface area (Å²) in [5.41, 5.74) is 3.95. The van der Waals surface area contributed by atoms with E-state index in [1.54, 1.807) is 0 Å². The summed E-state index contributed by atoms with van der Waals surface area (Å²) in [6.07, 6.45) is 8.51. The van der Waals surface area contributed by atoms with E-state index < -0.39 is 0 Å². The Morgan fingerprint density at radius 3 is 2.79 bits per heavy atom. The fourth-order valence-electron chi connectivity index (χ4n) is 3.27. The van der Waals surface area contributed by atoms with Crippen LogP contribution >= 0.6 is 0 Å². The number of hydrogen-bond donors (Lipinski definition) is 1. The Morgan fingerprint density at radius 1 is 1.16 bits per heavy atom. The molecule has 1 saturated carbocycles. The molecule has 1 aromatic carbocycles. The zero-order valence-electron chi connectivity index (χ0n) is 11.3. The number of rotatable bonds is 3. The standard InChI is InChI=1S/C16H21N3/c1-4-16-15(18-11-19(16)14-2-3-14)10-13(1)9-12-5-7-17-8-6-12/h1,4,10-12,14,17H,2-3,5-9H2. The molecule has 2 heterocycles. The van der Waals surface area contributed by atoms with Crippen LogP contribution in [0.1, 0.15) is 37.3 Å². The van der Waals surface area contributed by atoms with Gasteiger partial charge in [-0.25, -0.2) is 4.98 Å². The number of nitrogens with one attached hydrogen (secondary N) is 1. The lowest BCUT2D eigenvalue weighted by molar-refractivity contribution is 0.373. The van der Waals surface area contributed by atoms with Crippen molar-refractivity contribution in [1.29, 1.82) is 0 Å². The average Bonchev–Trinajstić information content (AvgIpc) is 3.20. The molecule has 1 N–H and O–H groups in total. The monoisotopic (exact) mass is 255 g/mol. The van der Waals surface area contributed by atoms with E-state index in [0.29, 0.717) is 0 Å². The van der Waals surface area contributed by atoms with Crippen LogP contribution in [-0.2, 0) is 6.42 Å². The van der Waals surface area contributed by atoms with Gasteiger partial charge in [-0.2, -0.15) is 0 Å². The summed E-state index contributed by atoms with van der Waals surface area (Å²) >= 11 is 0. The zero-order chi connectivity index (χ0) is 12.7. The summed E-state index contributed by atoms with van der Waals surface area (Å²) in [5.74, 6) is 0.851. The summed E-state index contributed by atoms with van der Waals surface area (Å²) in [4.78, 5) is 4.58. The average molecular weight is 255 g/mol. The number of fused-ring (bicyclic) bond motifs is 1. The smallest absolute Gasteiger partial charge is 0.0960 e. The lowest BCUT2D eigenvalue weighted by Gasteiger charge is -2.22. The maximum atomic E-state index is 4.58. The third kappa shape index (κ3) is 2.27. The van der Waals surface area contributed by atoms with Crippen molar-refractivity contribution in [3.05, 3.63) is 30.1 Å². The van der Waals surface area contributed by atoms with Crippen LogP contribution in [-0.4, -0.2) is 22.6 Å². The van der Waals surface area contributed by atoms with Crippen LogP contribution in [0.3, 0.4) is 0 Å². The molecule has 19 heavy (non-hydrogen) atoms. The van der Waals surface area contributed by atoms with Crippen molar-refractivity contribution in [3.8, 4) is 0 Å². The SMILES string of the molecule is c1cc2c(cc1CC1CCNCC1)ncn2C1CC1. The number of aromatic nitrogens is 2. The van der Waals surface area contributed by atoms with Crippen molar-refractivity contribution < 1.29 is 0 Å². The summed E-state index contributed by atoms with van der Waals surface area (Å²) in [5, 5.41) is 3.44. The molecule has 0 bridgehead atoms.